The molecule has 1 atom stereocenters. The minimum Gasteiger partial charge on any atom is -0.481 e. The lowest BCUT2D eigenvalue weighted by Gasteiger charge is -2.21. The van der Waals surface area contributed by atoms with Crippen molar-refractivity contribution in [3.8, 4) is 0 Å². The maximum atomic E-state index is 13.0. The highest BCUT2D eigenvalue weighted by atomic mass is 19.1. The number of rotatable bonds is 10. The van der Waals surface area contributed by atoms with Gasteiger partial charge in [0.1, 0.15) is 5.82 Å². The van der Waals surface area contributed by atoms with E-state index in [1.165, 1.54) is 12.1 Å². The second-order valence-electron chi connectivity index (χ2n) is 7.98. The molecule has 3 rings (SSSR count). The van der Waals surface area contributed by atoms with Crippen LogP contribution in [0.5, 0.6) is 0 Å². The Hall–Kier alpha value is -3.49. The molecule has 0 aliphatic heterocycles. The summed E-state index contributed by atoms with van der Waals surface area (Å²) in [5.74, 6) is -1.21. The van der Waals surface area contributed by atoms with Gasteiger partial charge in [-0.2, -0.15) is 0 Å². The number of carboxylic acids is 1. The van der Waals surface area contributed by atoms with Gasteiger partial charge < -0.3 is 25.2 Å². The molecule has 0 spiro atoms. The maximum absolute atomic E-state index is 13.0. The Morgan fingerprint density at radius 1 is 1.12 bits per heavy atom. The van der Waals surface area contributed by atoms with E-state index < -0.39 is 12.4 Å². The molecular formula is C25H28FN3O4. The molecule has 33 heavy (non-hydrogen) atoms. The van der Waals surface area contributed by atoms with E-state index in [9.17, 15) is 14.3 Å². The number of pyridine rings is 1. The van der Waals surface area contributed by atoms with Gasteiger partial charge >= 0.3 is 5.97 Å². The van der Waals surface area contributed by atoms with Crippen LogP contribution in [-0.4, -0.2) is 41.7 Å². The first-order chi connectivity index (χ1) is 15.7. The summed E-state index contributed by atoms with van der Waals surface area (Å²) in [4.78, 5) is 17.6. The third-order valence-electron chi connectivity index (χ3n) is 5.19. The molecule has 0 saturated carbocycles. The fourth-order valence-electron chi connectivity index (χ4n) is 3.64. The van der Waals surface area contributed by atoms with Gasteiger partial charge in [-0.1, -0.05) is 24.3 Å². The Morgan fingerprint density at radius 3 is 2.36 bits per heavy atom. The van der Waals surface area contributed by atoms with Crippen molar-refractivity contribution in [2.45, 2.75) is 32.8 Å². The molecule has 0 saturated heterocycles. The summed E-state index contributed by atoms with van der Waals surface area (Å²) in [7, 11) is 3.78. The monoisotopic (exact) mass is 453 g/mol. The molecule has 1 unspecified atom stereocenters. The fourth-order valence-corrected chi connectivity index (χ4v) is 3.64. The van der Waals surface area contributed by atoms with E-state index in [0.717, 1.165) is 28.1 Å². The van der Waals surface area contributed by atoms with Gasteiger partial charge in [0.25, 0.3) is 0 Å². The van der Waals surface area contributed by atoms with E-state index in [-0.39, 0.29) is 18.8 Å². The summed E-state index contributed by atoms with van der Waals surface area (Å²) >= 11 is 0. The number of halogens is 1. The van der Waals surface area contributed by atoms with Crippen LogP contribution in [0.25, 0.3) is 0 Å². The predicted octanol–water partition coefficient (Wildman–Crippen LogP) is 3.72. The van der Waals surface area contributed by atoms with Crippen LogP contribution in [0.2, 0.25) is 0 Å². The van der Waals surface area contributed by atoms with Crippen molar-refractivity contribution < 1.29 is 24.1 Å². The third-order valence-corrected chi connectivity index (χ3v) is 5.19. The number of carboxylic acid groups (broad SMARTS) is 1. The summed E-state index contributed by atoms with van der Waals surface area (Å²) in [6.07, 6.45) is 0.933. The van der Waals surface area contributed by atoms with E-state index in [4.69, 9.17) is 9.84 Å². The number of aliphatic hydroxyl groups is 1. The van der Waals surface area contributed by atoms with Crippen molar-refractivity contribution in [2.24, 2.45) is 0 Å². The van der Waals surface area contributed by atoms with Gasteiger partial charge in [-0.3, -0.25) is 9.78 Å². The highest BCUT2D eigenvalue weighted by Crippen LogP contribution is 2.27. The number of nitrogens with zero attached hydrogens (tertiary/aromatic N) is 2. The van der Waals surface area contributed by atoms with Gasteiger partial charge in [0.15, 0.2) is 0 Å². The molecule has 7 nitrogen and oxygen atoms in total. The quantitative estimate of drug-likeness (QED) is 0.403. The number of nitrogens with one attached hydrogen (secondary N) is 1. The Bertz CT molecular complexity index is 1090. The molecule has 0 bridgehead atoms. The van der Waals surface area contributed by atoms with Gasteiger partial charge in [0.2, 0.25) is 6.41 Å². The van der Waals surface area contributed by atoms with Gasteiger partial charge in [0, 0.05) is 49.3 Å². The Balaban J connectivity index is 1.62. The van der Waals surface area contributed by atoms with Crippen molar-refractivity contribution in [3.05, 3.63) is 88.5 Å². The molecular weight excluding hydrogens is 425 g/mol. The standard InChI is InChI=1S/C25H28FN3O4/c1-16-22(27-14-19(13-23(30)31)24(16)29(2)3)12-17-6-10-21(11-7-17)28-25(32)33-15-18-4-8-20(26)9-5-18/h4-11,14,25,28,32H,12-13,15H2,1-3H3,(H,30,31). The first-order valence-electron chi connectivity index (χ1n) is 10.5. The van der Waals surface area contributed by atoms with Crippen LogP contribution in [0.3, 0.4) is 0 Å². The summed E-state index contributed by atoms with van der Waals surface area (Å²) in [6, 6.07) is 13.4. The van der Waals surface area contributed by atoms with Gasteiger partial charge in [-0.25, -0.2) is 4.39 Å². The van der Waals surface area contributed by atoms with Crippen molar-refractivity contribution in [1.82, 2.24) is 4.98 Å². The fraction of sp³-hybridized carbons (Fsp3) is 0.280. The Morgan fingerprint density at radius 2 is 1.76 bits per heavy atom. The zero-order chi connectivity index (χ0) is 24.0. The molecule has 0 radical (unpaired) electrons. The van der Waals surface area contributed by atoms with Crippen LogP contribution in [0.4, 0.5) is 15.8 Å². The number of hydrogen-bond donors (Lipinski definition) is 3. The second-order valence-corrected chi connectivity index (χ2v) is 7.98. The van der Waals surface area contributed by atoms with Crippen LogP contribution in [0, 0.1) is 12.7 Å². The summed E-state index contributed by atoms with van der Waals surface area (Å²) < 4.78 is 18.3. The molecule has 8 heteroatoms. The van der Waals surface area contributed by atoms with Gasteiger partial charge in [-0.15, -0.1) is 0 Å². The number of anilines is 2. The van der Waals surface area contributed by atoms with Crippen LogP contribution in [-0.2, 0) is 29.0 Å². The number of hydrogen-bond acceptors (Lipinski definition) is 6. The average Bonchev–Trinajstić information content (AvgIpc) is 2.76. The lowest BCUT2D eigenvalue weighted by atomic mass is 10.0. The predicted molar refractivity (Wildman–Crippen MR) is 125 cm³/mol. The molecule has 0 amide bonds. The highest BCUT2D eigenvalue weighted by Gasteiger charge is 2.16. The van der Waals surface area contributed by atoms with Gasteiger partial charge in [-0.05, 0) is 47.9 Å². The number of carbonyl (C=O) groups is 1. The lowest BCUT2D eigenvalue weighted by molar-refractivity contribution is -0.136. The van der Waals surface area contributed by atoms with Crippen molar-refractivity contribution in [1.29, 1.82) is 0 Å². The van der Waals surface area contributed by atoms with Crippen LogP contribution >= 0.6 is 0 Å². The van der Waals surface area contributed by atoms with Crippen LogP contribution in [0.1, 0.15) is 27.9 Å². The first-order valence-corrected chi connectivity index (χ1v) is 10.5. The number of aliphatic carboxylic acids is 1. The van der Waals surface area contributed by atoms with E-state index in [2.05, 4.69) is 10.3 Å². The van der Waals surface area contributed by atoms with Gasteiger partial charge in [0.05, 0.1) is 13.0 Å². The molecule has 0 aliphatic carbocycles. The minimum atomic E-state index is -1.21. The molecule has 0 aliphatic rings. The topological polar surface area (TPSA) is 94.9 Å². The highest BCUT2D eigenvalue weighted by molar-refractivity contribution is 5.74. The molecule has 0 fully saturated rings. The van der Waals surface area contributed by atoms with E-state index in [1.54, 1.807) is 18.3 Å². The lowest BCUT2D eigenvalue weighted by Crippen LogP contribution is -2.22. The maximum Gasteiger partial charge on any atom is 0.307 e. The normalized spacial score (nSPS) is 11.8. The average molecular weight is 454 g/mol. The third kappa shape index (κ3) is 6.74. The molecule has 3 N–H and O–H groups in total. The number of aromatic nitrogens is 1. The zero-order valence-electron chi connectivity index (χ0n) is 18.9. The number of benzene rings is 2. The van der Waals surface area contributed by atoms with Crippen molar-refractivity contribution in [2.75, 3.05) is 24.3 Å². The van der Waals surface area contributed by atoms with E-state index in [1.807, 2.05) is 50.2 Å². The Kier molecular flexibility index (Phi) is 7.97. The molecule has 174 valence electrons. The summed E-state index contributed by atoms with van der Waals surface area (Å²) in [6.45, 7) is 2.09. The zero-order valence-corrected chi connectivity index (χ0v) is 18.9. The van der Waals surface area contributed by atoms with E-state index >= 15 is 0 Å². The minimum absolute atomic E-state index is 0.0758. The summed E-state index contributed by atoms with van der Waals surface area (Å²) in [5.41, 5.74) is 5.84. The largest absolute Gasteiger partial charge is 0.481 e. The van der Waals surface area contributed by atoms with Crippen molar-refractivity contribution in [3.63, 3.8) is 0 Å². The molecule has 2 aromatic carbocycles. The first kappa shape index (κ1) is 24.2. The second kappa shape index (κ2) is 10.9. The summed E-state index contributed by atoms with van der Waals surface area (Å²) in [5, 5.41) is 22.1. The SMILES string of the molecule is Cc1c(Cc2ccc(NC(O)OCc3ccc(F)cc3)cc2)ncc(CC(=O)O)c1N(C)C. The smallest absolute Gasteiger partial charge is 0.307 e. The molecule has 1 heterocycles. The number of aliphatic hydroxyl groups excluding tert-OH is 1. The van der Waals surface area contributed by atoms with E-state index in [0.29, 0.717) is 17.7 Å². The van der Waals surface area contributed by atoms with Crippen molar-refractivity contribution >= 4 is 17.3 Å². The Labute approximate surface area is 192 Å². The number of ether oxygens (including phenoxy) is 1. The van der Waals surface area contributed by atoms with Crippen LogP contribution in [0.15, 0.2) is 54.7 Å². The van der Waals surface area contributed by atoms with Crippen LogP contribution < -0.4 is 10.2 Å². The molecule has 1 aromatic heterocycles. The molecule has 3 aromatic rings.